The number of thioether (sulfide) groups is 1. The van der Waals surface area contributed by atoms with Crippen LogP contribution in [-0.4, -0.2) is 33.0 Å². The summed E-state index contributed by atoms with van der Waals surface area (Å²) in [6, 6.07) is 1.68. The molecule has 1 aromatic rings. The zero-order chi connectivity index (χ0) is 15.2. The molecule has 4 nitrogen and oxygen atoms in total. The van der Waals surface area contributed by atoms with E-state index in [1.807, 2.05) is 20.1 Å². The van der Waals surface area contributed by atoms with E-state index >= 15 is 0 Å². The quantitative estimate of drug-likeness (QED) is 0.668. The van der Waals surface area contributed by atoms with Crippen LogP contribution in [0.1, 0.15) is 25.1 Å². The maximum atomic E-state index is 12.4. The average Bonchev–Trinajstić information content (AvgIpc) is 2.75. The molecular formula is C12H21BrN2O2S3. The van der Waals surface area contributed by atoms with Crippen LogP contribution in [0.2, 0.25) is 0 Å². The van der Waals surface area contributed by atoms with E-state index in [9.17, 15) is 8.42 Å². The van der Waals surface area contributed by atoms with E-state index in [1.54, 1.807) is 17.8 Å². The number of thiophene rings is 1. The van der Waals surface area contributed by atoms with Crippen molar-refractivity contribution in [2.45, 2.75) is 37.8 Å². The molecule has 0 bridgehead atoms. The standard InChI is InChI=1S/C12H21BrN2O2S3/c1-4-14-8-10-7-11(12(13)19-10)20(16,17)15-9(2)5-6-18-3/h7,9,14-15H,4-6,8H2,1-3H3. The normalized spacial score (nSPS) is 13.6. The first kappa shape index (κ1) is 18.4. The molecule has 0 spiro atoms. The van der Waals surface area contributed by atoms with E-state index in [2.05, 4.69) is 26.0 Å². The van der Waals surface area contributed by atoms with Gasteiger partial charge in [0.15, 0.2) is 0 Å². The second-order valence-electron chi connectivity index (χ2n) is 4.43. The molecule has 0 amide bonds. The second-order valence-corrected chi connectivity index (χ2v) is 9.56. The lowest BCUT2D eigenvalue weighted by molar-refractivity contribution is 0.557. The highest BCUT2D eigenvalue weighted by atomic mass is 79.9. The van der Waals surface area contributed by atoms with E-state index in [-0.39, 0.29) is 6.04 Å². The Balaban J connectivity index is 2.78. The van der Waals surface area contributed by atoms with Gasteiger partial charge in [-0.15, -0.1) is 11.3 Å². The summed E-state index contributed by atoms with van der Waals surface area (Å²) in [7, 11) is -3.45. The fraction of sp³-hybridized carbons (Fsp3) is 0.667. The predicted octanol–water partition coefficient (Wildman–Crippen LogP) is 3.04. The SMILES string of the molecule is CCNCc1cc(S(=O)(=O)NC(C)CCSC)c(Br)s1. The van der Waals surface area contributed by atoms with Crippen LogP contribution in [0, 0.1) is 0 Å². The van der Waals surface area contributed by atoms with Crippen molar-refractivity contribution in [3.8, 4) is 0 Å². The minimum atomic E-state index is -3.45. The first-order valence-corrected chi connectivity index (χ1v) is 10.9. The minimum absolute atomic E-state index is 0.0588. The number of hydrogen-bond acceptors (Lipinski definition) is 5. The van der Waals surface area contributed by atoms with Crippen molar-refractivity contribution < 1.29 is 8.42 Å². The molecule has 20 heavy (non-hydrogen) atoms. The lowest BCUT2D eigenvalue weighted by Gasteiger charge is -2.13. The van der Waals surface area contributed by atoms with Crippen LogP contribution in [0.25, 0.3) is 0 Å². The molecule has 116 valence electrons. The lowest BCUT2D eigenvalue weighted by Crippen LogP contribution is -2.32. The van der Waals surface area contributed by atoms with Crippen LogP contribution in [0.15, 0.2) is 14.7 Å². The highest BCUT2D eigenvalue weighted by Crippen LogP contribution is 2.31. The molecule has 0 aliphatic heterocycles. The Morgan fingerprint density at radius 1 is 1.50 bits per heavy atom. The van der Waals surface area contributed by atoms with Gasteiger partial charge in [0.05, 0.1) is 3.79 Å². The molecule has 0 saturated heterocycles. The van der Waals surface area contributed by atoms with Gasteiger partial charge < -0.3 is 5.32 Å². The van der Waals surface area contributed by atoms with Gasteiger partial charge in [0.2, 0.25) is 10.0 Å². The summed E-state index contributed by atoms with van der Waals surface area (Å²) < 4.78 is 28.1. The molecule has 1 unspecified atom stereocenters. The van der Waals surface area contributed by atoms with E-state index in [0.717, 1.165) is 23.6 Å². The van der Waals surface area contributed by atoms with Crippen LogP contribution in [0.5, 0.6) is 0 Å². The molecule has 1 heterocycles. The second kappa shape index (κ2) is 8.75. The highest BCUT2D eigenvalue weighted by molar-refractivity contribution is 9.11. The summed E-state index contributed by atoms with van der Waals surface area (Å²) in [6.45, 7) is 5.47. The predicted molar refractivity (Wildman–Crippen MR) is 92.2 cm³/mol. The molecule has 0 fully saturated rings. The van der Waals surface area contributed by atoms with Gasteiger partial charge in [0.1, 0.15) is 4.90 Å². The Kier molecular flexibility index (Phi) is 8.07. The van der Waals surface area contributed by atoms with Gasteiger partial charge in [-0.1, -0.05) is 6.92 Å². The monoisotopic (exact) mass is 400 g/mol. The molecule has 0 radical (unpaired) electrons. The molecule has 1 atom stereocenters. The largest absolute Gasteiger partial charge is 0.312 e. The van der Waals surface area contributed by atoms with Gasteiger partial charge in [0, 0.05) is 17.5 Å². The Bertz CT molecular complexity index is 517. The highest BCUT2D eigenvalue weighted by Gasteiger charge is 2.22. The molecule has 0 aromatic carbocycles. The summed E-state index contributed by atoms with van der Waals surface area (Å²) in [5, 5.41) is 3.20. The third kappa shape index (κ3) is 5.65. The number of hydrogen-bond donors (Lipinski definition) is 2. The summed E-state index contributed by atoms with van der Waals surface area (Å²) in [5.41, 5.74) is 0. The molecule has 2 N–H and O–H groups in total. The zero-order valence-electron chi connectivity index (χ0n) is 11.9. The number of sulfonamides is 1. The third-order valence-corrected chi connectivity index (χ3v) is 7.14. The molecule has 8 heteroatoms. The smallest absolute Gasteiger partial charge is 0.242 e. The Hall–Kier alpha value is 0.400. The van der Waals surface area contributed by atoms with Gasteiger partial charge in [-0.05, 0) is 53.9 Å². The minimum Gasteiger partial charge on any atom is -0.312 e. The third-order valence-electron chi connectivity index (χ3n) is 2.66. The van der Waals surface area contributed by atoms with Gasteiger partial charge in [0.25, 0.3) is 0 Å². The molecule has 0 saturated carbocycles. The van der Waals surface area contributed by atoms with E-state index in [0.29, 0.717) is 15.2 Å². The molecule has 1 rings (SSSR count). The van der Waals surface area contributed by atoms with Crippen molar-refractivity contribution in [3.05, 3.63) is 14.7 Å². The first-order valence-electron chi connectivity index (χ1n) is 6.41. The number of halogens is 1. The topological polar surface area (TPSA) is 58.2 Å². The van der Waals surface area contributed by atoms with Crippen molar-refractivity contribution in [1.29, 1.82) is 0 Å². The van der Waals surface area contributed by atoms with Crippen LogP contribution in [0.3, 0.4) is 0 Å². The van der Waals surface area contributed by atoms with E-state index in [4.69, 9.17) is 0 Å². The Morgan fingerprint density at radius 2 is 2.20 bits per heavy atom. The summed E-state index contributed by atoms with van der Waals surface area (Å²) in [6.07, 6.45) is 2.84. The lowest BCUT2D eigenvalue weighted by atomic mass is 10.3. The summed E-state index contributed by atoms with van der Waals surface area (Å²) in [4.78, 5) is 1.35. The van der Waals surface area contributed by atoms with Crippen LogP contribution in [0.4, 0.5) is 0 Å². The Morgan fingerprint density at radius 3 is 2.80 bits per heavy atom. The van der Waals surface area contributed by atoms with Gasteiger partial charge >= 0.3 is 0 Å². The van der Waals surface area contributed by atoms with Crippen molar-refractivity contribution >= 4 is 49.1 Å². The van der Waals surface area contributed by atoms with E-state index < -0.39 is 10.0 Å². The van der Waals surface area contributed by atoms with Crippen LogP contribution >= 0.6 is 39.0 Å². The van der Waals surface area contributed by atoms with Crippen LogP contribution in [-0.2, 0) is 16.6 Å². The first-order chi connectivity index (χ1) is 9.40. The van der Waals surface area contributed by atoms with Crippen molar-refractivity contribution in [2.75, 3.05) is 18.6 Å². The van der Waals surface area contributed by atoms with Crippen molar-refractivity contribution in [2.24, 2.45) is 0 Å². The van der Waals surface area contributed by atoms with Crippen molar-refractivity contribution in [1.82, 2.24) is 10.0 Å². The van der Waals surface area contributed by atoms with E-state index in [1.165, 1.54) is 11.3 Å². The summed E-state index contributed by atoms with van der Waals surface area (Å²) in [5.74, 6) is 0.945. The fourth-order valence-corrected chi connectivity index (χ4v) is 6.12. The van der Waals surface area contributed by atoms with Gasteiger partial charge in [-0.2, -0.15) is 11.8 Å². The van der Waals surface area contributed by atoms with Crippen molar-refractivity contribution in [3.63, 3.8) is 0 Å². The molecule has 1 aromatic heterocycles. The number of rotatable bonds is 9. The fourth-order valence-electron chi connectivity index (χ4n) is 1.60. The molecule has 0 aliphatic carbocycles. The van der Waals surface area contributed by atoms with Crippen LogP contribution < -0.4 is 10.0 Å². The maximum absolute atomic E-state index is 12.4. The molecular weight excluding hydrogens is 380 g/mol. The molecule has 0 aliphatic rings. The Labute approximate surface area is 138 Å². The zero-order valence-corrected chi connectivity index (χ0v) is 15.9. The van der Waals surface area contributed by atoms with Gasteiger partial charge in [-0.25, -0.2) is 13.1 Å². The summed E-state index contributed by atoms with van der Waals surface area (Å²) >= 11 is 6.53. The maximum Gasteiger partial charge on any atom is 0.242 e. The average molecular weight is 401 g/mol. The number of nitrogens with one attached hydrogen (secondary N) is 2. The van der Waals surface area contributed by atoms with Gasteiger partial charge in [-0.3, -0.25) is 0 Å².